The highest BCUT2D eigenvalue weighted by Crippen LogP contribution is 2.44. The van der Waals surface area contributed by atoms with Gasteiger partial charge in [0.15, 0.2) is 0 Å². The van der Waals surface area contributed by atoms with Gasteiger partial charge in [-0.3, -0.25) is 9.59 Å². The molecule has 0 aliphatic rings. The molecule has 1 aromatic carbocycles. The van der Waals surface area contributed by atoms with Crippen LogP contribution in [0.2, 0.25) is 10.0 Å². The summed E-state index contributed by atoms with van der Waals surface area (Å²) >= 11 is 12.6. The van der Waals surface area contributed by atoms with Gasteiger partial charge in [-0.15, -0.1) is 11.3 Å². The van der Waals surface area contributed by atoms with E-state index >= 15 is 0 Å². The number of carboxylic acid groups (broad SMARTS) is 2. The van der Waals surface area contributed by atoms with E-state index in [2.05, 4.69) is 14.8 Å². The van der Waals surface area contributed by atoms with Gasteiger partial charge >= 0.3 is 18.6 Å². The van der Waals surface area contributed by atoms with Crippen molar-refractivity contribution < 1.29 is 37.7 Å². The summed E-state index contributed by atoms with van der Waals surface area (Å²) in [5.41, 5.74) is -0.692. The molecule has 154 valence electrons. The van der Waals surface area contributed by atoms with Crippen molar-refractivity contribution in [1.82, 2.24) is 14.8 Å². The second kappa shape index (κ2) is 7.69. The Hall–Kier alpha value is -2.57. The molecular weight excluding hydrogens is 462 g/mol. The summed E-state index contributed by atoms with van der Waals surface area (Å²) in [5.74, 6) is -6.87. The molecule has 0 amide bonds. The van der Waals surface area contributed by atoms with Crippen molar-refractivity contribution in [3.63, 3.8) is 0 Å². The van der Waals surface area contributed by atoms with E-state index in [9.17, 15) is 22.8 Å². The predicted octanol–water partition coefficient (Wildman–Crippen LogP) is 4.00. The zero-order valence-corrected chi connectivity index (χ0v) is 16.3. The maximum Gasteiger partial charge on any atom is 0.388 e. The summed E-state index contributed by atoms with van der Waals surface area (Å²) in [7, 11) is 1.24. The Morgan fingerprint density at radius 2 is 1.90 bits per heavy atom. The fourth-order valence-electron chi connectivity index (χ4n) is 2.54. The Bertz CT molecular complexity index is 1140. The molecule has 0 fully saturated rings. The largest absolute Gasteiger partial charge is 0.480 e. The molecule has 0 bridgehead atoms. The zero-order valence-electron chi connectivity index (χ0n) is 14.0. The van der Waals surface area contributed by atoms with Crippen molar-refractivity contribution in [3.8, 4) is 17.1 Å². The number of nitrogens with zero attached hydrogens (tertiary/aromatic N) is 3. The Morgan fingerprint density at radius 3 is 2.45 bits per heavy atom. The van der Waals surface area contributed by atoms with Crippen LogP contribution in [0, 0.1) is 5.82 Å². The Kier molecular flexibility index (Phi) is 5.61. The molecular formula is C15H8Cl2F3N3O5S. The van der Waals surface area contributed by atoms with Gasteiger partial charge in [0.2, 0.25) is 11.8 Å². The average molecular weight is 470 g/mol. The lowest BCUT2D eigenvalue weighted by Crippen LogP contribution is -2.20. The summed E-state index contributed by atoms with van der Waals surface area (Å²) in [6.45, 7) is -3.22. The van der Waals surface area contributed by atoms with Crippen LogP contribution in [0.1, 0.15) is 10.9 Å². The molecule has 29 heavy (non-hydrogen) atoms. The summed E-state index contributed by atoms with van der Waals surface area (Å²) in [6, 6.07) is 0.845. The van der Waals surface area contributed by atoms with Crippen LogP contribution in [0.3, 0.4) is 0 Å². The number of aryl methyl sites for hydroxylation is 1. The Labute approximate surface area is 173 Å². The second-order valence-electron chi connectivity index (χ2n) is 5.52. The minimum Gasteiger partial charge on any atom is -0.480 e. The minimum atomic E-state index is -3.22. The van der Waals surface area contributed by atoms with Gasteiger partial charge in [0.1, 0.15) is 27.1 Å². The molecule has 3 aromatic rings. The number of hydrogen-bond donors (Lipinski definition) is 2. The molecule has 0 atom stereocenters. The number of carboxylic acids is 2. The number of halogens is 5. The Morgan fingerprint density at radius 1 is 1.28 bits per heavy atom. The maximum absolute atomic E-state index is 14.7. The molecule has 14 heteroatoms. The molecule has 0 aliphatic heterocycles. The van der Waals surface area contributed by atoms with Gasteiger partial charge in [-0.05, 0) is 6.07 Å². The first-order chi connectivity index (χ1) is 13.5. The highest BCUT2D eigenvalue weighted by atomic mass is 35.5. The SMILES string of the molecule is Cn1nc(-c2c(F)cc(Cl)c3nc(C(C(=O)O)C(=O)O)sc23)c(Cl)c1OC(F)F. The number of fused-ring (bicyclic) bond motifs is 1. The maximum atomic E-state index is 14.7. The number of rotatable bonds is 6. The number of alkyl halides is 2. The van der Waals surface area contributed by atoms with E-state index in [0.717, 1.165) is 10.7 Å². The number of hydrogen-bond acceptors (Lipinski definition) is 6. The molecule has 0 saturated carbocycles. The third-order valence-corrected chi connectivity index (χ3v) is 5.47. The van der Waals surface area contributed by atoms with Crippen molar-refractivity contribution in [1.29, 1.82) is 0 Å². The molecule has 0 spiro atoms. The summed E-state index contributed by atoms with van der Waals surface area (Å²) < 4.78 is 45.0. The van der Waals surface area contributed by atoms with Crippen LogP contribution >= 0.6 is 34.5 Å². The van der Waals surface area contributed by atoms with E-state index < -0.39 is 41.2 Å². The quantitative estimate of drug-likeness (QED) is 0.524. The predicted molar refractivity (Wildman–Crippen MR) is 96.4 cm³/mol. The van der Waals surface area contributed by atoms with Crippen molar-refractivity contribution >= 4 is 56.7 Å². The van der Waals surface area contributed by atoms with E-state index in [1.54, 1.807) is 0 Å². The fraction of sp³-hybridized carbons (Fsp3) is 0.200. The highest BCUT2D eigenvalue weighted by molar-refractivity contribution is 7.19. The third-order valence-electron chi connectivity index (χ3n) is 3.71. The monoisotopic (exact) mass is 469 g/mol. The van der Waals surface area contributed by atoms with Crippen molar-refractivity contribution in [2.45, 2.75) is 12.5 Å². The van der Waals surface area contributed by atoms with Gasteiger partial charge in [0.25, 0.3) is 0 Å². The van der Waals surface area contributed by atoms with Crippen molar-refractivity contribution in [2.24, 2.45) is 7.05 Å². The van der Waals surface area contributed by atoms with Gasteiger partial charge in [-0.1, -0.05) is 23.2 Å². The van der Waals surface area contributed by atoms with Crippen LogP contribution in [0.4, 0.5) is 13.2 Å². The van der Waals surface area contributed by atoms with Gasteiger partial charge in [-0.2, -0.15) is 13.9 Å². The molecule has 0 saturated heterocycles. The van der Waals surface area contributed by atoms with Crippen LogP contribution in [0.5, 0.6) is 5.88 Å². The average Bonchev–Trinajstić information content (AvgIpc) is 3.11. The molecule has 2 N–H and O–H groups in total. The number of aromatic nitrogens is 3. The van der Waals surface area contributed by atoms with Crippen LogP contribution in [0.15, 0.2) is 6.07 Å². The first kappa shape index (κ1) is 21.1. The molecule has 8 nitrogen and oxygen atoms in total. The lowest BCUT2D eigenvalue weighted by atomic mass is 10.1. The number of thiazole rings is 1. The standard InChI is InChI=1S/C15H8Cl2F3N3O5S/c1-23-12(28-15(19)20)7(17)9(22-23)5-4(18)2-3(16)8-10(5)29-11(21-8)6(13(24)25)14(26)27/h2,6,15H,1H3,(H,24,25)(H,26,27). The van der Waals surface area contributed by atoms with Crippen LogP contribution < -0.4 is 4.74 Å². The topological polar surface area (TPSA) is 115 Å². The lowest BCUT2D eigenvalue weighted by Gasteiger charge is -2.04. The molecule has 0 unspecified atom stereocenters. The fourth-order valence-corrected chi connectivity index (χ4v) is 4.35. The van der Waals surface area contributed by atoms with Crippen LogP contribution in [-0.4, -0.2) is 43.5 Å². The number of carbonyl (C=O) groups is 2. The third kappa shape index (κ3) is 3.70. The summed E-state index contributed by atoms with van der Waals surface area (Å²) in [6.07, 6.45) is 0. The molecule has 2 aromatic heterocycles. The number of aliphatic carboxylic acids is 2. The highest BCUT2D eigenvalue weighted by Gasteiger charge is 2.33. The Balaban J connectivity index is 2.30. The number of ether oxygens (including phenoxy) is 1. The molecule has 2 heterocycles. The van der Waals surface area contributed by atoms with Crippen molar-refractivity contribution in [2.75, 3.05) is 0 Å². The van der Waals surface area contributed by atoms with E-state index in [4.69, 9.17) is 33.4 Å². The first-order valence-electron chi connectivity index (χ1n) is 7.44. The van der Waals surface area contributed by atoms with Gasteiger partial charge in [0, 0.05) is 7.05 Å². The van der Waals surface area contributed by atoms with Crippen molar-refractivity contribution in [3.05, 3.63) is 26.9 Å². The second-order valence-corrected chi connectivity index (χ2v) is 7.34. The van der Waals surface area contributed by atoms with Gasteiger partial charge < -0.3 is 14.9 Å². The van der Waals surface area contributed by atoms with Gasteiger partial charge in [0.05, 0.1) is 15.3 Å². The summed E-state index contributed by atoms with van der Waals surface area (Å²) in [5, 5.41) is 21.2. The van der Waals surface area contributed by atoms with Gasteiger partial charge in [-0.25, -0.2) is 14.1 Å². The van der Waals surface area contributed by atoms with E-state index in [0.29, 0.717) is 11.3 Å². The normalized spacial score (nSPS) is 11.6. The van der Waals surface area contributed by atoms with E-state index in [1.165, 1.54) is 7.05 Å². The van der Waals surface area contributed by atoms with Crippen LogP contribution in [-0.2, 0) is 16.6 Å². The first-order valence-corrected chi connectivity index (χ1v) is 9.01. The van der Waals surface area contributed by atoms with Crippen LogP contribution in [0.25, 0.3) is 21.5 Å². The minimum absolute atomic E-state index is 0.0545. The molecule has 0 radical (unpaired) electrons. The zero-order chi connectivity index (χ0) is 21.6. The molecule has 3 rings (SSSR count). The number of benzene rings is 1. The lowest BCUT2D eigenvalue weighted by molar-refractivity contribution is -0.150. The molecule has 0 aliphatic carbocycles. The van der Waals surface area contributed by atoms with E-state index in [-0.39, 0.29) is 31.5 Å². The van der Waals surface area contributed by atoms with E-state index in [1.807, 2.05) is 0 Å². The summed E-state index contributed by atoms with van der Waals surface area (Å²) in [4.78, 5) is 26.5. The smallest absolute Gasteiger partial charge is 0.388 e.